The molecule has 0 saturated carbocycles. The van der Waals surface area contributed by atoms with Gasteiger partial charge in [-0.2, -0.15) is 0 Å². The molecule has 10 aromatic rings. The summed E-state index contributed by atoms with van der Waals surface area (Å²) in [6.45, 7) is 14.4. The van der Waals surface area contributed by atoms with Crippen LogP contribution in [0, 0.1) is 13.8 Å². The lowest BCUT2D eigenvalue weighted by Crippen LogP contribution is -2.40. The molecule has 86 heavy (non-hydrogen) atoms. The molecule has 2 N–H and O–H groups in total. The van der Waals surface area contributed by atoms with Crippen LogP contribution in [0.1, 0.15) is 73.7 Å². The normalized spacial score (nSPS) is 11.6. The van der Waals surface area contributed by atoms with Crippen molar-refractivity contribution in [1.82, 2.24) is 38.9 Å². The number of ether oxygens (including phenoxy) is 2. The van der Waals surface area contributed by atoms with Crippen molar-refractivity contribution in [2.45, 2.75) is 66.5 Å². The molecule has 0 radical (unpaired) electrons. The number of nitrogens with zero attached hydrogens (tertiary/aromatic N) is 8. The molecule has 6 aromatic carbocycles. The molecule has 2 atom stereocenters. The number of rotatable bonds is 20. The summed E-state index contributed by atoms with van der Waals surface area (Å²) in [7, 11) is -1.38. The van der Waals surface area contributed by atoms with E-state index < -0.39 is 19.2 Å². The largest absolute Gasteiger partial charge is 0.488 e. The van der Waals surface area contributed by atoms with Gasteiger partial charge >= 0.3 is 7.12 Å². The number of aromatic nitrogens is 6. The first-order valence-corrected chi connectivity index (χ1v) is 29.4. The molecule has 4 aromatic heterocycles. The van der Waals surface area contributed by atoms with Gasteiger partial charge in [-0.05, 0) is 154 Å². The highest BCUT2D eigenvalue weighted by molar-refractivity contribution is 9.10. The molecule has 0 aliphatic rings. The highest BCUT2D eigenvalue weighted by Crippen LogP contribution is 2.27. The van der Waals surface area contributed by atoms with Gasteiger partial charge in [0.1, 0.15) is 11.6 Å². The van der Waals surface area contributed by atoms with Gasteiger partial charge in [0.05, 0.1) is 71.3 Å². The average molecular weight is 1220 g/mol. The lowest BCUT2D eigenvalue weighted by atomic mass is 9.81. The van der Waals surface area contributed by atoms with Crippen LogP contribution in [0.15, 0.2) is 209 Å². The number of carbonyl (C=O) groups is 2. The highest BCUT2D eigenvalue weighted by atomic mass is 79.9. The number of benzene rings is 6. The van der Waals surface area contributed by atoms with E-state index in [4.69, 9.17) is 29.5 Å². The molecule has 0 fully saturated rings. The molecule has 0 bridgehead atoms. The van der Waals surface area contributed by atoms with E-state index >= 15 is 0 Å². The molecular weight excluding hydrogens is 1150 g/mol. The zero-order valence-electron chi connectivity index (χ0n) is 49.2. The van der Waals surface area contributed by atoms with Crippen molar-refractivity contribution < 1.29 is 29.1 Å². The Kier molecular flexibility index (Phi) is 22.7. The number of hydrogen-bond acceptors (Lipinski definition) is 12. The molecule has 440 valence electrons. The average Bonchev–Trinajstić information content (AvgIpc) is 2.75. The minimum Gasteiger partial charge on any atom is -0.423 e. The molecule has 2 unspecified atom stereocenters. The Hall–Kier alpha value is -8.78. The summed E-state index contributed by atoms with van der Waals surface area (Å²) in [6.07, 6.45) is 7.01. The molecular formula is C68H70BBrN8O8. The number of aryl methyl sites for hydroxylation is 2. The van der Waals surface area contributed by atoms with Crippen molar-refractivity contribution in [3.8, 4) is 22.5 Å². The Labute approximate surface area is 509 Å². The summed E-state index contributed by atoms with van der Waals surface area (Å²) < 4.78 is 15.5. The fraction of sp³-hybridized carbons (Fsp3) is 0.235. The quantitative estimate of drug-likeness (QED) is 0.0542. The Morgan fingerprint density at radius 2 is 0.919 bits per heavy atom. The number of carbonyl (C=O) groups excluding carboxylic acids is 2. The predicted molar refractivity (Wildman–Crippen MR) is 343 cm³/mol. The smallest absolute Gasteiger partial charge is 0.423 e. The number of pyridine rings is 2. The maximum Gasteiger partial charge on any atom is 0.488 e. The van der Waals surface area contributed by atoms with E-state index in [2.05, 4.69) is 25.9 Å². The van der Waals surface area contributed by atoms with E-state index in [9.17, 15) is 19.2 Å². The van der Waals surface area contributed by atoms with Crippen LogP contribution >= 0.6 is 15.9 Å². The molecule has 10 rings (SSSR count). The fourth-order valence-corrected chi connectivity index (χ4v) is 10.0. The maximum atomic E-state index is 13.9. The van der Waals surface area contributed by atoms with Gasteiger partial charge in [0.25, 0.3) is 11.1 Å². The molecule has 0 aliphatic heterocycles. The van der Waals surface area contributed by atoms with Crippen molar-refractivity contribution in [3.63, 3.8) is 0 Å². The van der Waals surface area contributed by atoms with Gasteiger partial charge in [0, 0.05) is 55.6 Å². The number of halogens is 1. The van der Waals surface area contributed by atoms with Crippen LogP contribution in [0.3, 0.4) is 0 Å². The molecule has 0 aliphatic carbocycles. The monoisotopic (exact) mass is 1220 g/mol. The van der Waals surface area contributed by atoms with E-state index in [1.165, 1.54) is 12.4 Å². The van der Waals surface area contributed by atoms with Crippen molar-refractivity contribution in [2.75, 3.05) is 39.5 Å². The van der Waals surface area contributed by atoms with Gasteiger partial charge < -0.3 is 29.3 Å². The molecule has 16 nitrogen and oxygen atoms in total. The van der Waals surface area contributed by atoms with Crippen LogP contribution in [0.5, 0.6) is 0 Å². The topological polar surface area (TPSA) is 195 Å². The first kappa shape index (κ1) is 63.3. The van der Waals surface area contributed by atoms with Crippen molar-refractivity contribution in [1.29, 1.82) is 0 Å². The number of fused-ring (bicyclic) bond motifs is 2. The van der Waals surface area contributed by atoms with Crippen molar-refractivity contribution in [3.05, 3.63) is 254 Å². The molecule has 2 amide bonds. The van der Waals surface area contributed by atoms with E-state index in [-0.39, 0.29) is 35.8 Å². The van der Waals surface area contributed by atoms with Crippen LogP contribution in [0.4, 0.5) is 0 Å². The van der Waals surface area contributed by atoms with Crippen LogP contribution < -0.4 is 16.6 Å². The third kappa shape index (κ3) is 16.3. The third-order valence-electron chi connectivity index (χ3n) is 14.5. The summed E-state index contributed by atoms with van der Waals surface area (Å²) in [5.74, 6) is 0.910. The van der Waals surface area contributed by atoms with Gasteiger partial charge in [-0.3, -0.25) is 38.3 Å². The number of para-hydroxylation sites is 2. The van der Waals surface area contributed by atoms with Crippen LogP contribution in [0.25, 0.3) is 44.3 Å². The van der Waals surface area contributed by atoms with Gasteiger partial charge in [0.2, 0.25) is 11.8 Å². The zero-order chi connectivity index (χ0) is 61.1. The maximum absolute atomic E-state index is 13.9. The predicted octanol–water partition coefficient (Wildman–Crippen LogP) is 10.3. The second-order valence-electron chi connectivity index (χ2n) is 20.4. The molecule has 0 spiro atoms. The van der Waals surface area contributed by atoms with Gasteiger partial charge in [-0.25, -0.2) is 9.97 Å². The SMILES string of the molecule is CCOCCN(C(=O)Cc1ccc(-c2ccncc2)cc1)C(C)c1nc2ccccc2c(=O)n1-c1ccc(C)cc1.CCOCCN(C(=O)Cc1ccc(Br)cc1)C(C)c1nc2ccccc2c(=O)n1-c1ccc(C)cc1.OB(O)c1ccncc1. The second-order valence-corrected chi connectivity index (χ2v) is 21.3. The summed E-state index contributed by atoms with van der Waals surface area (Å²) in [6, 6.07) is 52.0. The summed E-state index contributed by atoms with van der Waals surface area (Å²) in [5, 5.41) is 18.2. The standard InChI is InChI=1S/C34H34N4O3.C29H30BrN3O3.C5H6BNO2/c1-4-41-22-21-37(32(39)23-26-11-13-27(14-12-26)28-17-19-35-20-18-28)25(3)33-36-31-8-6-5-7-30(31)34(40)38(33)29-15-9-24(2)10-16-29;1-4-36-18-17-32(27(34)19-22-11-13-23(30)14-12-22)21(3)28-31-26-8-6-5-7-25(26)29(35)33(28)24-15-9-20(2)10-16-24;8-6(9)5-1-3-7-4-2-5/h5-20,25H,4,21-23H2,1-3H3;5-16,21H,4,17-19H2,1-3H3;1-4,8-9H. The van der Waals surface area contributed by atoms with Crippen LogP contribution in [0.2, 0.25) is 0 Å². The van der Waals surface area contributed by atoms with Crippen molar-refractivity contribution in [2.24, 2.45) is 0 Å². The van der Waals surface area contributed by atoms with Gasteiger partial charge in [-0.1, -0.05) is 112 Å². The summed E-state index contributed by atoms with van der Waals surface area (Å²) in [4.78, 5) is 76.2. The van der Waals surface area contributed by atoms with Crippen LogP contribution in [-0.4, -0.2) is 107 Å². The van der Waals surface area contributed by atoms with Crippen molar-refractivity contribution >= 4 is 62.1 Å². The summed E-state index contributed by atoms with van der Waals surface area (Å²) in [5.41, 5.74) is 8.93. The Balaban J connectivity index is 0.000000196. The highest BCUT2D eigenvalue weighted by Gasteiger charge is 2.29. The Morgan fingerprint density at radius 1 is 0.535 bits per heavy atom. The first-order chi connectivity index (χ1) is 41.6. The zero-order valence-corrected chi connectivity index (χ0v) is 50.7. The van der Waals surface area contributed by atoms with E-state index in [0.717, 1.165) is 43.5 Å². The minimum atomic E-state index is -1.38. The first-order valence-electron chi connectivity index (χ1n) is 28.6. The minimum absolute atomic E-state index is 0.0533. The Morgan fingerprint density at radius 3 is 1.31 bits per heavy atom. The fourth-order valence-electron chi connectivity index (χ4n) is 9.76. The van der Waals surface area contributed by atoms with E-state index in [1.54, 1.807) is 55.6 Å². The lowest BCUT2D eigenvalue weighted by Gasteiger charge is -2.30. The molecule has 0 saturated heterocycles. The lowest BCUT2D eigenvalue weighted by molar-refractivity contribution is -0.134. The van der Waals surface area contributed by atoms with Crippen LogP contribution in [-0.2, 0) is 31.9 Å². The Bertz CT molecular complexity index is 3950. The molecule has 4 heterocycles. The third-order valence-corrected chi connectivity index (χ3v) is 15.0. The van der Waals surface area contributed by atoms with E-state index in [0.29, 0.717) is 84.1 Å². The number of hydrogen-bond donors (Lipinski definition) is 2. The van der Waals surface area contributed by atoms with Gasteiger partial charge in [-0.15, -0.1) is 0 Å². The number of amides is 2. The van der Waals surface area contributed by atoms with E-state index in [1.807, 2.05) is 187 Å². The summed E-state index contributed by atoms with van der Waals surface area (Å²) >= 11 is 3.45. The van der Waals surface area contributed by atoms with Gasteiger partial charge in [0.15, 0.2) is 0 Å². The molecule has 18 heteroatoms. The second kappa shape index (κ2) is 30.9.